The number of para-hydroxylation sites is 1. The van der Waals surface area contributed by atoms with Gasteiger partial charge in [-0.25, -0.2) is 9.78 Å². The van der Waals surface area contributed by atoms with E-state index < -0.39 is 5.63 Å². The Bertz CT molecular complexity index is 1620. The summed E-state index contributed by atoms with van der Waals surface area (Å²) in [6, 6.07) is 17.6. The van der Waals surface area contributed by atoms with Crippen LogP contribution in [0.4, 0.5) is 17.3 Å². The molecule has 1 atom stereocenters. The maximum Gasteiger partial charge on any atom is 0.345 e. The van der Waals surface area contributed by atoms with Crippen LogP contribution in [-0.4, -0.2) is 48.7 Å². The highest BCUT2D eigenvalue weighted by Gasteiger charge is 2.34. The number of H-pyrrole nitrogens is 1. The molecule has 4 heterocycles. The Morgan fingerprint density at radius 1 is 0.974 bits per heavy atom. The smallest absolute Gasteiger partial charge is 0.345 e. The molecule has 4 aromatic rings. The predicted molar refractivity (Wildman–Crippen MR) is 153 cm³/mol. The molecule has 2 aromatic heterocycles. The van der Waals surface area contributed by atoms with Gasteiger partial charge in [-0.05, 0) is 56.0 Å². The molecule has 0 aliphatic carbocycles. The van der Waals surface area contributed by atoms with Gasteiger partial charge >= 0.3 is 5.63 Å². The van der Waals surface area contributed by atoms with Gasteiger partial charge in [-0.15, -0.1) is 0 Å². The molecule has 8 heteroatoms. The first-order chi connectivity index (χ1) is 18.2. The first kappa shape index (κ1) is 24.3. The molecule has 1 N–H and O–H groups in total. The first-order valence-electron chi connectivity index (χ1n) is 13.2. The second kappa shape index (κ2) is 9.04. The van der Waals surface area contributed by atoms with Gasteiger partial charge in [0, 0.05) is 67.7 Å². The van der Waals surface area contributed by atoms with E-state index in [0.29, 0.717) is 41.8 Å². The minimum absolute atomic E-state index is 0.0122. The van der Waals surface area contributed by atoms with Gasteiger partial charge in [0.05, 0.1) is 11.3 Å². The van der Waals surface area contributed by atoms with Crippen molar-refractivity contribution in [1.29, 1.82) is 0 Å². The highest BCUT2D eigenvalue weighted by atomic mass is 16.4. The monoisotopic (exact) mass is 511 g/mol. The number of aromatic nitrogens is 2. The summed E-state index contributed by atoms with van der Waals surface area (Å²) in [6.45, 7) is 9.74. The van der Waals surface area contributed by atoms with Crippen LogP contribution in [0, 0.1) is 0 Å². The van der Waals surface area contributed by atoms with Crippen LogP contribution < -0.4 is 25.9 Å². The van der Waals surface area contributed by atoms with Crippen molar-refractivity contribution < 1.29 is 4.42 Å². The molecule has 8 nitrogen and oxygen atoms in total. The number of fused-ring (bicyclic) bond motifs is 2. The Kier molecular flexibility index (Phi) is 5.78. The fourth-order valence-electron chi connectivity index (χ4n) is 5.91. The molecule has 2 aromatic carbocycles. The third-order valence-electron chi connectivity index (χ3n) is 8.19. The summed E-state index contributed by atoms with van der Waals surface area (Å²) >= 11 is 0. The molecular weight excluding hydrogens is 478 g/mol. The lowest BCUT2D eigenvalue weighted by atomic mass is 9.80. The summed E-state index contributed by atoms with van der Waals surface area (Å²) in [4.78, 5) is 40.0. The molecule has 1 unspecified atom stereocenters. The second-order valence-electron chi connectivity index (χ2n) is 11.1. The van der Waals surface area contributed by atoms with Crippen molar-refractivity contribution in [3.8, 4) is 11.3 Å². The fourth-order valence-corrected chi connectivity index (χ4v) is 5.91. The van der Waals surface area contributed by atoms with Crippen molar-refractivity contribution in [1.82, 2.24) is 9.97 Å². The van der Waals surface area contributed by atoms with Gasteiger partial charge in [0.25, 0.3) is 5.56 Å². The summed E-state index contributed by atoms with van der Waals surface area (Å²) in [5.41, 5.74) is 3.88. The number of rotatable bonds is 3. The first-order valence-corrected chi connectivity index (χ1v) is 13.2. The largest absolute Gasteiger partial charge is 0.422 e. The van der Waals surface area contributed by atoms with E-state index in [1.807, 2.05) is 30.3 Å². The zero-order valence-electron chi connectivity index (χ0n) is 22.3. The van der Waals surface area contributed by atoms with Crippen LogP contribution in [0.25, 0.3) is 22.2 Å². The lowest BCUT2D eigenvalue weighted by Crippen LogP contribution is -2.47. The molecule has 0 spiro atoms. The normalized spacial score (nSPS) is 19.1. The molecule has 2 aliphatic rings. The van der Waals surface area contributed by atoms with E-state index in [-0.39, 0.29) is 11.1 Å². The molecule has 1 saturated heterocycles. The van der Waals surface area contributed by atoms with Crippen LogP contribution in [0.3, 0.4) is 0 Å². The standard InChI is InChI=1S/C30H33N5O3/c1-19-18-30(2,3)33(4)25-17-26-20(14-22(19)25)15-23(28(37)38-26)24-16-27(36)32-29(31-24)35-12-10-34(11-13-35)21-8-6-5-7-9-21/h5-9,14-17,19H,10-13,18H2,1-4H3,(H,31,32,36). The topological polar surface area (TPSA) is 85.7 Å². The second-order valence-corrected chi connectivity index (χ2v) is 11.1. The number of piperazine rings is 1. The van der Waals surface area contributed by atoms with E-state index in [2.05, 4.69) is 65.7 Å². The SMILES string of the molecule is CC1CC(C)(C)N(C)c2cc3oc(=O)c(-c4cc(=O)[nH]c(N5CCN(c6ccccc6)CC5)n4)cc3cc21. The third kappa shape index (κ3) is 4.23. The maximum atomic E-state index is 13.1. The van der Waals surface area contributed by atoms with Crippen molar-refractivity contribution in [2.45, 2.75) is 38.6 Å². The zero-order valence-corrected chi connectivity index (χ0v) is 22.3. The predicted octanol–water partition coefficient (Wildman–Crippen LogP) is 4.59. The maximum absolute atomic E-state index is 13.1. The average Bonchev–Trinajstić information content (AvgIpc) is 2.91. The van der Waals surface area contributed by atoms with Crippen LogP contribution in [0.5, 0.6) is 0 Å². The van der Waals surface area contributed by atoms with Gasteiger partial charge < -0.3 is 19.1 Å². The van der Waals surface area contributed by atoms with Gasteiger partial charge in [-0.2, -0.15) is 0 Å². The molecule has 0 amide bonds. The number of anilines is 3. The van der Waals surface area contributed by atoms with Gasteiger partial charge in [0.2, 0.25) is 5.95 Å². The Morgan fingerprint density at radius 3 is 2.42 bits per heavy atom. The number of benzene rings is 2. The molecule has 38 heavy (non-hydrogen) atoms. The third-order valence-corrected chi connectivity index (χ3v) is 8.19. The van der Waals surface area contributed by atoms with Gasteiger partial charge in [-0.1, -0.05) is 25.1 Å². The Morgan fingerprint density at radius 2 is 1.68 bits per heavy atom. The number of hydrogen-bond donors (Lipinski definition) is 1. The van der Waals surface area contributed by atoms with Gasteiger partial charge in [0.1, 0.15) is 5.58 Å². The van der Waals surface area contributed by atoms with Gasteiger partial charge in [0.15, 0.2) is 0 Å². The Labute approximate surface area is 221 Å². The highest BCUT2D eigenvalue weighted by molar-refractivity contribution is 5.86. The molecule has 1 fully saturated rings. The molecule has 196 valence electrons. The van der Waals surface area contributed by atoms with Crippen LogP contribution in [0.2, 0.25) is 0 Å². The number of aromatic amines is 1. The summed E-state index contributed by atoms with van der Waals surface area (Å²) in [6.07, 6.45) is 1.03. The summed E-state index contributed by atoms with van der Waals surface area (Å²) in [7, 11) is 2.09. The summed E-state index contributed by atoms with van der Waals surface area (Å²) in [5.74, 6) is 0.845. The van der Waals surface area contributed by atoms with E-state index in [0.717, 1.165) is 30.6 Å². The molecule has 6 rings (SSSR count). The van der Waals surface area contributed by atoms with E-state index in [4.69, 9.17) is 9.40 Å². The van der Waals surface area contributed by atoms with Crippen LogP contribution in [-0.2, 0) is 0 Å². The quantitative estimate of drug-likeness (QED) is 0.403. The minimum Gasteiger partial charge on any atom is -0.422 e. The molecule has 2 aliphatic heterocycles. The average molecular weight is 512 g/mol. The van der Waals surface area contributed by atoms with Crippen molar-refractivity contribution in [3.05, 3.63) is 80.9 Å². The summed E-state index contributed by atoms with van der Waals surface area (Å²) < 4.78 is 5.80. The fraction of sp³-hybridized carbons (Fsp3) is 0.367. The van der Waals surface area contributed by atoms with E-state index in [1.165, 1.54) is 17.3 Å². The molecular formula is C30H33N5O3. The van der Waals surface area contributed by atoms with Crippen LogP contribution in [0.15, 0.2) is 68.6 Å². The van der Waals surface area contributed by atoms with Crippen LogP contribution >= 0.6 is 0 Å². The lowest BCUT2D eigenvalue weighted by molar-refractivity contribution is 0.395. The molecule has 0 radical (unpaired) electrons. The Hall–Kier alpha value is -4.07. The van der Waals surface area contributed by atoms with E-state index >= 15 is 0 Å². The minimum atomic E-state index is -0.499. The van der Waals surface area contributed by atoms with Crippen molar-refractivity contribution in [2.75, 3.05) is 47.9 Å². The van der Waals surface area contributed by atoms with Crippen LogP contribution in [0.1, 0.15) is 38.7 Å². The van der Waals surface area contributed by atoms with Crippen molar-refractivity contribution in [2.24, 2.45) is 0 Å². The lowest BCUT2D eigenvalue weighted by Gasteiger charge is -2.45. The zero-order chi connectivity index (χ0) is 26.6. The van der Waals surface area contributed by atoms with E-state index in [1.54, 1.807) is 0 Å². The van der Waals surface area contributed by atoms with E-state index in [9.17, 15) is 9.59 Å². The number of hydrogen-bond acceptors (Lipinski definition) is 7. The molecule has 0 saturated carbocycles. The summed E-state index contributed by atoms with van der Waals surface area (Å²) in [5, 5.41) is 0.832. The van der Waals surface area contributed by atoms with Crippen molar-refractivity contribution >= 4 is 28.3 Å². The Balaban J connectivity index is 1.33. The molecule has 0 bridgehead atoms. The number of nitrogens with zero attached hydrogens (tertiary/aromatic N) is 4. The highest BCUT2D eigenvalue weighted by Crippen LogP contribution is 2.44. The van der Waals surface area contributed by atoms with Gasteiger partial charge in [-0.3, -0.25) is 9.78 Å². The number of nitrogens with one attached hydrogen (secondary N) is 1. The van der Waals surface area contributed by atoms with Crippen molar-refractivity contribution in [3.63, 3.8) is 0 Å².